The maximum Gasteiger partial charge on any atom is 0.175 e. The summed E-state index contributed by atoms with van der Waals surface area (Å²) in [5.74, 6) is 0. The van der Waals surface area contributed by atoms with E-state index in [1.165, 1.54) is 6.26 Å². The molecule has 1 N–H and O–H groups in total. The molecule has 2 aromatic rings. The normalized spacial score (nSPS) is 11.7. The third kappa shape index (κ3) is 4.18. The highest BCUT2D eigenvalue weighted by Gasteiger charge is 2.05. The van der Waals surface area contributed by atoms with Crippen LogP contribution in [0.1, 0.15) is 11.1 Å². The second-order valence-electron chi connectivity index (χ2n) is 4.87. The lowest BCUT2D eigenvalue weighted by atomic mass is 10.2. The van der Waals surface area contributed by atoms with E-state index in [0.29, 0.717) is 11.4 Å². The molecule has 0 spiro atoms. The predicted molar refractivity (Wildman–Crippen MR) is 78.2 cm³/mol. The number of nitrogens with one attached hydrogen (secondary N) is 1. The molecule has 1 aromatic heterocycles. The first-order chi connectivity index (χ1) is 9.45. The number of hydrogen-bond donors (Lipinski definition) is 1. The SMILES string of the molecule is Cc1cnn(CCNCc2ccc(S(C)(=O)=O)cc2)c1. The van der Waals surface area contributed by atoms with Crippen LogP contribution in [0.25, 0.3) is 0 Å². The molecule has 0 fully saturated rings. The van der Waals surface area contributed by atoms with Gasteiger partial charge >= 0.3 is 0 Å². The van der Waals surface area contributed by atoms with Gasteiger partial charge in [0.2, 0.25) is 0 Å². The second-order valence-corrected chi connectivity index (χ2v) is 6.89. The highest BCUT2D eigenvalue weighted by molar-refractivity contribution is 7.90. The summed E-state index contributed by atoms with van der Waals surface area (Å²) in [4.78, 5) is 0.355. The molecule has 0 unspecified atom stereocenters. The van der Waals surface area contributed by atoms with Crippen LogP contribution < -0.4 is 5.32 Å². The van der Waals surface area contributed by atoms with Crippen LogP contribution in [-0.2, 0) is 22.9 Å². The molecule has 0 bridgehead atoms. The summed E-state index contributed by atoms with van der Waals surface area (Å²) in [6, 6.07) is 6.95. The molecule has 108 valence electrons. The fourth-order valence-electron chi connectivity index (χ4n) is 1.87. The van der Waals surface area contributed by atoms with E-state index in [2.05, 4.69) is 10.4 Å². The first-order valence-corrected chi connectivity index (χ1v) is 8.33. The van der Waals surface area contributed by atoms with E-state index in [-0.39, 0.29) is 0 Å². The summed E-state index contributed by atoms with van der Waals surface area (Å²) >= 11 is 0. The van der Waals surface area contributed by atoms with Crippen LogP contribution >= 0.6 is 0 Å². The number of benzene rings is 1. The molecule has 0 aliphatic rings. The van der Waals surface area contributed by atoms with Crippen molar-refractivity contribution in [3.05, 3.63) is 47.8 Å². The zero-order chi connectivity index (χ0) is 14.6. The monoisotopic (exact) mass is 293 g/mol. The van der Waals surface area contributed by atoms with Gasteiger partial charge in [0.05, 0.1) is 17.6 Å². The van der Waals surface area contributed by atoms with Crippen LogP contribution in [0.2, 0.25) is 0 Å². The van der Waals surface area contributed by atoms with Gasteiger partial charge in [-0.3, -0.25) is 4.68 Å². The predicted octanol–water partition coefficient (Wildman–Crippen LogP) is 1.38. The third-order valence-corrected chi connectivity index (χ3v) is 4.09. The summed E-state index contributed by atoms with van der Waals surface area (Å²) in [5.41, 5.74) is 2.22. The maximum absolute atomic E-state index is 11.3. The molecule has 0 saturated heterocycles. The summed E-state index contributed by atoms with van der Waals surface area (Å²) < 4.78 is 24.6. The minimum atomic E-state index is -3.11. The fraction of sp³-hybridized carbons (Fsp3) is 0.357. The molecular weight excluding hydrogens is 274 g/mol. The Labute approximate surface area is 119 Å². The second kappa shape index (κ2) is 6.19. The van der Waals surface area contributed by atoms with Gasteiger partial charge in [-0.05, 0) is 30.2 Å². The number of aromatic nitrogens is 2. The fourth-order valence-corrected chi connectivity index (χ4v) is 2.50. The number of hydrogen-bond acceptors (Lipinski definition) is 4. The van der Waals surface area contributed by atoms with Gasteiger partial charge < -0.3 is 5.32 Å². The van der Waals surface area contributed by atoms with E-state index in [0.717, 1.165) is 24.2 Å². The lowest BCUT2D eigenvalue weighted by Gasteiger charge is -2.06. The molecule has 0 amide bonds. The lowest BCUT2D eigenvalue weighted by Crippen LogP contribution is -2.19. The van der Waals surface area contributed by atoms with Crippen molar-refractivity contribution in [3.8, 4) is 0 Å². The quantitative estimate of drug-likeness (QED) is 0.817. The van der Waals surface area contributed by atoms with Gasteiger partial charge in [0, 0.05) is 25.5 Å². The Morgan fingerprint density at radius 2 is 1.95 bits per heavy atom. The molecule has 2 rings (SSSR count). The van der Waals surface area contributed by atoms with Gasteiger partial charge in [-0.1, -0.05) is 12.1 Å². The van der Waals surface area contributed by atoms with Gasteiger partial charge in [-0.15, -0.1) is 0 Å². The maximum atomic E-state index is 11.3. The van der Waals surface area contributed by atoms with Crippen LogP contribution in [0.3, 0.4) is 0 Å². The molecule has 6 heteroatoms. The van der Waals surface area contributed by atoms with Crippen molar-refractivity contribution in [2.75, 3.05) is 12.8 Å². The Morgan fingerprint density at radius 3 is 2.50 bits per heavy atom. The average molecular weight is 293 g/mol. The van der Waals surface area contributed by atoms with Crippen molar-refractivity contribution < 1.29 is 8.42 Å². The highest BCUT2D eigenvalue weighted by Crippen LogP contribution is 2.10. The van der Waals surface area contributed by atoms with Gasteiger partial charge in [0.15, 0.2) is 9.84 Å². The van der Waals surface area contributed by atoms with Gasteiger partial charge in [-0.25, -0.2) is 8.42 Å². The first-order valence-electron chi connectivity index (χ1n) is 6.44. The minimum Gasteiger partial charge on any atom is -0.311 e. The summed E-state index contributed by atoms with van der Waals surface area (Å²) in [6.07, 6.45) is 5.05. The number of sulfone groups is 1. The zero-order valence-electron chi connectivity index (χ0n) is 11.7. The molecule has 5 nitrogen and oxygen atoms in total. The summed E-state index contributed by atoms with van der Waals surface area (Å²) in [7, 11) is -3.11. The number of rotatable bonds is 6. The third-order valence-electron chi connectivity index (χ3n) is 2.96. The first kappa shape index (κ1) is 14.7. The molecule has 0 saturated carbocycles. The standard InChI is InChI=1S/C14H19N3O2S/c1-12-9-16-17(11-12)8-7-15-10-13-3-5-14(6-4-13)20(2,18)19/h3-6,9,11,15H,7-8,10H2,1-2H3. The Bertz CT molecular complexity index is 660. The topological polar surface area (TPSA) is 64.0 Å². The van der Waals surface area contributed by atoms with Gasteiger partial charge in [0.25, 0.3) is 0 Å². The van der Waals surface area contributed by atoms with Gasteiger partial charge in [0.1, 0.15) is 0 Å². The van der Waals surface area contributed by atoms with E-state index in [9.17, 15) is 8.42 Å². The van der Waals surface area contributed by atoms with Crippen molar-refractivity contribution in [2.45, 2.75) is 24.9 Å². The highest BCUT2D eigenvalue weighted by atomic mass is 32.2. The molecule has 20 heavy (non-hydrogen) atoms. The molecule has 1 aromatic carbocycles. The smallest absolute Gasteiger partial charge is 0.175 e. The van der Waals surface area contributed by atoms with Crippen molar-refractivity contribution in [3.63, 3.8) is 0 Å². The Hall–Kier alpha value is -1.66. The van der Waals surface area contributed by atoms with Crippen LogP contribution in [0.4, 0.5) is 0 Å². The van der Waals surface area contributed by atoms with E-state index in [1.807, 2.05) is 36.1 Å². The summed E-state index contributed by atoms with van der Waals surface area (Å²) in [5, 5.41) is 7.52. The minimum absolute atomic E-state index is 0.355. The van der Waals surface area contributed by atoms with Crippen LogP contribution in [-0.4, -0.2) is 31.0 Å². The lowest BCUT2D eigenvalue weighted by molar-refractivity contribution is 0.554. The molecule has 0 radical (unpaired) electrons. The van der Waals surface area contributed by atoms with Crippen molar-refractivity contribution >= 4 is 9.84 Å². The Morgan fingerprint density at radius 1 is 1.25 bits per heavy atom. The van der Waals surface area contributed by atoms with E-state index in [4.69, 9.17) is 0 Å². The number of aryl methyl sites for hydroxylation is 1. The van der Waals surface area contributed by atoms with Crippen molar-refractivity contribution in [1.29, 1.82) is 0 Å². The van der Waals surface area contributed by atoms with Crippen LogP contribution in [0.15, 0.2) is 41.6 Å². The van der Waals surface area contributed by atoms with Crippen LogP contribution in [0, 0.1) is 6.92 Å². The van der Waals surface area contributed by atoms with E-state index < -0.39 is 9.84 Å². The Balaban J connectivity index is 1.80. The number of nitrogens with zero attached hydrogens (tertiary/aromatic N) is 2. The molecular formula is C14H19N3O2S. The molecule has 0 aliphatic heterocycles. The van der Waals surface area contributed by atoms with E-state index >= 15 is 0 Å². The molecule has 0 aliphatic carbocycles. The average Bonchev–Trinajstić information content (AvgIpc) is 2.80. The molecule has 1 heterocycles. The Kier molecular flexibility index (Phi) is 4.57. The van der Waals surface area contributed by atoms with Crippen molar-refractivity contribution in [1.82, 2.24) is 15.1 Å². The summed E-state index contributed by atoms with van der Waals surface area (Å²) in [6.45, 7) is 4.36. The molecule has 0 atom stereocenters. The van der Waals surface area contributed by atoms with Gasteiger partial charge in [-0.2, -0.15) is 5.10 Å². The zero-order valence-corrected chi connectivity index (χ0v) is 12.5. The largest absolute Gasteiger partial charge is 0.311 e. The van der Waals surface area contributed by atoms with E-state index in [1.54, 1.807) is 12.1 Å². The van der Waals surface area contributed by atoms with Crippen molar-refractivity contribution in [2.24, 2.45) is 0 Å². The van der Waals surface area contributed by atoms with Crippen LogP contribution in [0.5, 0.6) is 0 Å².